The molecule has 8 heteroatoms. The number of rotatable bonds is 3. The zero-order valence-corrected chi connectivity index (χ0v) is 14.9. The van der Waals surface area contributed by atoms with Crippen molar-refractivity contribution in [3.8, 4) is 0 Å². The first-order chi connectivity index (χ1) is 12.8. The maximum atomic E-state index is 13.2. The average molecular weight is 397 g/mol. The van der Waals surface area contributed by atoms with E-state index in [1.165, 1.54) is 30.3 Å². The summed E-state index contributed by atoms with van der Waals surface area (Å²) < 4.78 is 39.5. The number of amides is 2. The highest BCUT2D eigenvalue weighted by Gasteiger charge is 2.35. The third kappa shape index (κ3) is 4.24. The molecule has 142 valence electrons. The molecule has 3 rings (SSSR count). The minimum Gasteiger partial charge on any atom is -0.339 e. The van der Waals surface area contributed by atoms with Gasteiger partial charge >= 0.3 is 6.18 Å². The smallest absolute Gasteiger partial charge is 0.339 e. The highest BCUT2D eigenvalue weighted by Crippen LogP contribution is 2.32. The van der Waals surface area contributed by atoms with E-state index in [9.17, 15) is 22.8 Å². The monoisotopic (exact) mass is 396 g/mol. The summed E-state index contributed by atoms with van der Waals surface area (Å²) in [6.07, 6.45) is -2.90. The summed E-state index contributed by atoms with van der Waals surface area (Å²) in [5.41, 5.74) is -1.27. The molecule has 1 aliphatic rings. The molecule has 4 nitrogen and oxygen atoms in total. The van der Waals surface area contributed by atoms with E-state index >= 15 is 0 Å². The molecule has 0 aliphatic carbocycles. The van der Waals surface area contributed by atoms with Gasteiger partial charge in [-0.25, -0.2) is 0 Å². The van der Waals surface area contributed by atoms with Crippen LogP contribution in [0.25, 0.3) is 0 Å². The first-order valence-electron chi connectivity index (χ1n) is 8.34. The Morgan fingerprint density at radius 3 is 2.33 bits per heavy atom. The summed E-state index contributed by atoms with van der Waals surface area (Å²) in [7, 11) is 0. The zero-order chi connectivity index (χ0) is 19.6. The molecule has 2 aromatic carbocycles. The third-order valence-electron chi connectivity index (χ3n) is 4.33. The summed E-state index contributed by atoms with van der Waals surface area (Å²) in [4.78, 5) is 26.8. The van der Waals surface area contributed by atoms with E-state index in [0.717, 1.165) is 25.0 Å². The van der Waals surface area contributed by atoms with E-state index in [1.54, 1.807) is 4.90 Å². The molecule has 0 aromatic heterocycles. The molecule has 1 saturated heterocycles. The molecule has 0 radical (unpaired) electrons. The van der Waals surface area contributed by atoms with Crippen LogP contribution in [0.15, 0.2) is 42.5 Å². The minimum absolute atomic E-state index is 0.123. The van der Waals surface area contributed by atoms with Gasteiger partial charge < -0.3 is 10.2 Å². The maximum Gasteiger partial charge on any atom is 0.417 e. The molecule has 1 N–H and O–H groups in total. The number of nitrogens with one attached hydrogen (secondary N) is 1. The molecule has 0 unspecified atom stereocenters. The molecule has 0 bridgehead atoms. The van der Waals surface area contributed by atoms with Crippen molar-refractivity contribution in [3.63, 3.8) is 0 Å². The molecule has 1 fully saturated rings. The number of hydrogen-bond acceptors (Lipinski definition) is 2. The van der Waals surface area contributed by atoms with E-state index in [-0.39, 0.29) is 17.2 Å². The Morgan fingerprint density at radius 2 is 1.67 bits per heavy atom. The van der Waals surface area contributed by atoms with E-state index in [2.05, 4.69) is 5.32 Å². The average Bonchev–Trinajstić information content (AvgIpc) is 3.16. The van der Waals surface area contributed by atoms with Crippen molar-refractivity contribution < 1.29 is 22.8 Å². The summed E-state index contributed by atoms with van der Waals surface area (Å²) in [6, 6.07) is 8.79. The molecule has 0 spiro atoms. The van der Waals surface area contributed by atoms with Crippen molar-refractivity contribution in [2.24, 2.45) is 0 Å². The summed E-state index contributed by atoms with van der Waals surface area (Å²) in [5, 5.41) is 2.72. The largest absolute Gasteiger partial charge is 0.417 e. The number of carbonyl (C=O) groups is 2. The molecule has 2 amide bonds. The van der Waals surface area contributed by atoms with Crippen LogP contribution in [0.2, 0.25) is 5.02 Å². The van der Waals surface area contributed by atoms with Crippen molar-refractivity contribution in [1.29, 1.82) is 0 Å². The predicted octanol–water partition coefficient (Wildman–Crippen LogP) is 4.85. The molecule has 1 aliphatic heterocycles. The van der Waals surface area contributed by atoms with Crippen LogP contribution in [-0.4, -0.2) is 29.8 Å². The van der Waals surface area contributed by atoms with Crippen molar-refractivity contribution in [2.75, 3.05) is 18.4 Å². The Hall–Kier alpha value is -2.54. The van der Waals surface area contributed by atoms with Crippen molar-refractivity contribution in [3.05, 3.63) is 64.2 Å². The highest BCUT2D eigenvalue weighted by molar-refractivity contribution is 6.31. The van der Waals surface area contributed by atoms with Gasteiger partial charge in [0.25, 0.3) is 11.8 Å². The Morgan fingerprint density at radius 1 is 1.00 bits per heavy atom. The van der Waals surface area contributed by atoms with Crippen LogP contribution in [-0.2, 0) is 6.18 Å². The number of carbonyl (C=O) groups excluding carboxylic acids is 2. The van der Waals surface area contributed by atoms with Gasteiger partial charge in [0.1, 0.15) is 0 Å². The minimum atomic E-state index is -4.66. The lowest BCUT2D eigenvalue weighted by atomic mass is 10.1. The number of anilines is 1. The maximum absolute atomic E-state index is 13.2. The fourth-order valence-corrected chi connectivity index (χ4v) is 3.18. The molecule has 0 atom stereocenters. The standard InChI is InChI=1S/C19H16ClF3N2O2/c20-12-7-8-16(14(11-12)18(27)25-9-3-4-10-25)24-17(26)13-5-1-2-6-15(13)19(21,22)23/h1-2,5-8,11H,3-4,9-10H2,(H,24,26). The quantitative estimate of drug-likeness (QED) is 0.806. The van der Waals surface area contributed by atoms with Crippen molar-refractivity contribution in [1.82, 2.24) is 4.90 Å². The predicted molar refractivity (Wildman–Crippen MR) is 96.0 cm³/mol. The lowest BCUT2D eigenvalue weighted by molar-refractivity contribution is -0.137. The van der Waals surface area contributed by atoms with Gasteiger partial charge in [0.2, 0.25) is 0 Å². The Labute approximate surface area is 158 Å². The second-order valence-electron chi connectivity index (χ2n) is 6.19. The van der Waals surface area contributed by atoms with Gasteiger partial charge in [-0.1, -0.05) is 23.7 Å². The second-order valence-corrected chi connectivity index (χ2v) is 6.62. The van der Waals surface area contributed by atoms with E-state index in [0.29, 0.717) is 18.1 Å². The molecule has 1 heterocycles. The van der Waals surface area contributed by atoms with Gasteiger partial charge in [-0.05, 0) is 43.2 Å². The number of likely N-dealkylation sites (tertiary alicyclic amines) is 1. The number of halogens is 4. The van der Waals surface area contributed by atoms with Crippen LogP contribution in [0, 0.1) is 0 Å². The van der Waals surface area contributed by atoms with Crippen LogP contribution in [0.1, 0.15) is 39.1 Å². The summed E-state index contributed by atoms with van der Waals surface area (Å²) in [5.74, 6) is -1.25. The van der Waals surface area contributed by atoms with Crippen LogP contribution in [0.4, 0.5) is 18.9 Å². The first-order valence-corrected chi connectivity index (χ1v) is 8.71. The number of hydrogen-bond donors (Lipinski definition) is 1. The van der Waals surface area contributed by atoms with Crippen molar-refractivity contribution >= 4 is 29.1 Å². The highest BCUT2D eigenvalue weighted by atomic mass is 35.5. The summed E-state index contributed by atoms with van der Waals surface area (Å²) >= 11 is 5.97. The van der Waals surface area contributed by atoms with Gasteiger partial charge in [-0.15, -0.1) is 0 Å². The number of nitrogens with zero attached hydrogens (tertiary/aromatic N) is 1. The number of alkyl halides is 3. The van der Waals surface area contributed by atoms with Crippen molar-refractivity contribution in [2.45, 2.75) is 19.0 Å². The fraction of sp³-hybridized carbons (Fsp3) is 0.263. The molecule has 2 aromatic rings. The van der Waals surface area contributed by atoms with Gasteiger partial charge in [0.05, 0.1) is 22.4 Å². The van der Waals surface area contributed by atoms with Crippen LogP contribution in [0.5, 0.6) is 0 Å². The number of benzene rings is 2. The van der Waals surface area contributed by atoms with Gasteiger partial charge in [0, 0.05) is 18.1 Å². The van der Waals surface area contributed by atoms with Gasteiger partial charge in [0.15, 0.2) is 0 Å². The Kier molecular flexibility index (Phi) is 5.41. The topological polar surface area (TPSA) is 49.4 Å². The Bertz CT molecular complexity index is 877. The molecule has 27 heavy (non-hydrogen) atoms. The van der Waals surface area contributed by atoms with Crippen LogP contribution < -0.4 is 5.32 Å². The summed E-state index contributed by atoms with van der Waals surface area (Å²) in [6.45, 7) is 1.19. The SMILES string of the molecule is O=C(Nc1ccc(Cl)cc1C(=O)N1CCCC1)c1ccccc1C(F)(F)F. The lowest BCUT2D eigenvalue weighted by Crippen LogP contribution is -2.29. The molecule has 0 saturated carbocycles. The molecular formula is C19H16ClF3N2O2. The van der Waals surface area contributed by atoms with E-state index < -0.39 is 23.2 Å². The van der Waals surface area contributed by atoms with Crippen LogP contribution >= 0.6 is 11.6 Å². The first kappa shape index (κ1) is 19.2. The van der Waals surface area contributed by atoms with Gasteiger partial charge in [-0.3, -0.25) is 9.59 Å². The zero-order valence-electron chi connectivity index (χ0n) is 14.1. The lowest BCUT2D eigenvalue weighted by Gasteiger charge is -2.19. The molecular weight excluding hydrogens is 381 g/mol. The van der Waals surface area contributed by atoms with E-state index in [1.807, 2.05) is 0 Å². The second kappa shape index (κ2) is 7.60. The van der Waals surface area contributed by atoms with Gasteiger partial charge in [-0.2, -0.15) is 13.2 Å². The normalized spacial score (nSPS) is 14.3. The van der Waals surface area contributed by atoms with Crippen LogP contribution in [0.3, 0.4) is 0 Å². The Balaban J connectivity index is 1.92. The third-order valence-corrected chi connectivity index (χ3v) is 4.57. The van der Waals surface area contributed by atoms with E-state index in [4.69, 9.17) is 11.6 Å². The fourth-order valence-electron chi connectivity index (χ4n) is 3.01.